The first-order valence-electron chi connectivity index (χ1n) is 9.16. The van der Waals surface area contributed by atoms with Crippen LogP contribution in [-0.4, -0.2) is 52.4 Å². The summed E-state index contributed by atoms with van der Waals surface area (Å²) in [6.07, 6.45) is 6.16. The molecule has 0 bridgehead atoms. The van der Waals surface area contributed by atoms with Crippen LogP contribution in [0, 0.1) is 6.92 Å². The SMILES string of the molecule is Cc1ccc(N2CCCN(C(=O)CCCCc3cn[nH]n3)CC2)cc1. The average Bonchev–Trinajstić information content (AvgIpc) is 3.02. The van der Waals surface area contributed by atoms with E-state index in [9.17, 15) is 4.79 Å². The number of carbonyl (C=O) groups is 1. The van der Waals surface area contributed by atoms with Crippen LogP contribution in [0.2, 0.25) is 0 Å². The van der Waals surface area contributed by atoms with E-state index < -0.39 is 0 Å². The highest BCUT2D eigenvalue weighted by atomic mass is 16.2. The van der Waals surface area contributed by atoms with Gasteiger partial charge in [0.2, 0.25) is 5.91 Å². The lowest BCUT2D eigenvalue weighted by molar-refractivity contribution is -0.131. The van der Waals surface area contributed by atoms with E-state index in [2.05, 4.69) is 51.5 Å². The number of aryl methyl sites for hydroxylation is 2. The van der Waals surface area contributed by atoms with Crippen LogP contribution >= 0.6 is 0 Å². The first-order chi connectivity index (χ1) is 12.2. The summed E-state index contributed by atoms with van der Waals surface area (Å²) in [5.74, 6) is 0.283. The summed E-state index contributed by atoms with van der Waals surface area (Å²) >= 11 is 0. The molecule has 25 heavy (non-hydrogen) atoms. The Morgan fingerprint density at radius 3 is 2.72 bits per heavy atom. The van der Waals surface area contributed by atoms with E-state index in [0.717, 1.165) is 57.6 Å². The van der Waals surface area contributed by atoms with E-state index in [0.29, 0.717) is 6.42 Å². The number of rotatable bonds is 6. The number of nitrogens with one attached hydrogen (secondary N) is 1. The highest BCUT2D eigenvalue weighted by Gasteiger charge is 2.19. The fourth-order valence-corrected chi connectivity index (χ4v) is 3.27. The van der Waals surface area contributed by atoms with Gasteiger partial charge in [-0.25, -0.2) is 0 Å². The minimum absolute atomic E-state index is 0.283. The number of anilines is 1. The second kappa shape index (κ2) is 8.65. The standard InChI is InChI=1S/C19H27N5O/c1-16-7-9-18(10-8-16)23-11-4-12-24(14-13-23)19(25)6-3-2-5-17-15-20-22-21-17/h7-10,15H,2-6,11-14H2,1H3,(H,20,21,22). The largest absolute Gasteiger partial charge is 0.370 e. The van der Waals surface area contributed by atoms with Gasteiger partial charge in [-0.05, 0) is 44.7 Å². The molecule has 1 N–H and O–H groups in total. The molecule has 6 nitrogen and oxygen atoms in total. The number of unbranched alkanes of at least 4 members (excludes halogenated alkanes) is 1. The molecule has 0 saturated carbocycles. The van der Waals surface area contributed by atoms with E-state index in [1.807, 2.05) is 4.90 Å². The maximum Gasteiger partial charge on any atom is 0.222 e. The third-order valence-corrected chi connectivity index (χ3v) is 4.79. The number of carbonyl (C=O) groups excluding carboxylic acids is 1. The Balaban J connectivity index is 1.42. The summed E-state index contributed by atoms with van der Waals surface area (Å²) in [6, 6.07) is 8.66. The molecule has 1 saturated heterocycles. The molecule has 0 spiro atoms. The normalized spacial score (nSPS) is 15.2. The summed E-state index contributed by atoms with van der Waals surface area (Å²) in [7, 11) is 0. The molecule has 1 amide bonds. The number of hydrogen-bond donors (Lipinski definition) is 1. The summed E-state index contributed by atoms with van der Waals surface area (Å²) in [5.41, 5.74) is 3.50. The molecule has 1 fully saturated rings. The van der Waals surface area contributed by atoms with Gasteiger partial charge in [0.05, 0.1) is 11.9 Å². The topological polar surface area (TPSA) is 65.1 Å². The van der Waals surface area contributed by atoms with Crippen molar-refractivity contribution in [2.75, 3.05) is 31.1 Å². The molecular formula is C19H27N5O. The summed E-state index contributed by atoms with van der Waals surface area (Å²) in [6.45, 7) is 5.71. The smallest absolute Gasteiger partial charge is 0.222 e. The fraction of sp³-hybridized carbons (Fsp3) is 0.526. The van der Waals surface area contributed by atoms with Crippen molar-refractivity contribution in [3.05, 3.63) is 41.7 Å². The van der Waals surface area contributed by atoms with Gasteiger partial charge in [-0.3, -0.25) is 4.79 Å². The molecule has 3 rings (SSSR count). The van der Waals surface area contributed by atoms with Crippen molar-refractivity contribution < 1.29 is 4.79 Å². The van der Waals surface area contributed by atoms with Crippen LogP contribution in [-0.2, 0) is 11.2 Å². The molecule has 1 aromatic carbocycles. The lowest BCUT2D eigenvalue weighted by Gasteiger charge is -2.24. The van der Waals surface area contributed by atoms with Crippen molar-refractivity contribution in [2.24, 2.45) is 0 Å². The Morgan fingerprint density at radius 1 is 1.12 bits per heavy atom. The maximum atomic E-state index is 12.5. The van der Waals surface area contributed by atoms with Crippen LogP contribution in [0.3, 0.4) is 0 Å². The molecule has 2 aromatic rings. The zero-order valence-corrected chi connectivity index (χ0v) is 14.9. The van der Waals surface area contributed by atoms with Crippen molar-refractivity contribution in [1.29, 1.82) is 0 Å². The minimum Gasteiger partial charge on any atom is -0.370 e. The van der Waals surface area contributed by atoms with Crippen LogP contribution in [0.4, 0.5) is 5.69 Å². The van der Waals surface area contributed by atoms with Gasteiger partial charge in [0.25, 0.3) is 0 Å². The van der Waals surface area contributed by atoms with Gasteiger partial charge in [0.1, 0.15) is 0 Å². The first kappa shape index (κ1) is 17.5. The van der Waals surface area contributed by atoms with E-state index in [-0.39, 0.29) is 5.91 Å². The van der Waals surface area contributed by atoms with Crippen LogP contribution in [0.1, 0.15) is 36.9 Å². The molecular weight excluding hydrogens is 314 g/mol. The number of amides is 1. The summed E-state index contributed by atoms with van der Waals surface area (Å²) in [5, 5.41) is 10.5. The molecule has 1 aliphatic heterocycles. The van der Waals surface area contributed by atoms with Crippen LogP contribution < -0.4 is 4.90 Å². The van der Waals surface area contributed by atoms with Gasteiger partial charge in [0, 0.05) is 38.3 Å². The molecule has 0 unspecified atom stereocenters. The number of nitrogens with zero attached hydrogens (tertiary/aromatic N) is 4. The second-order valence-electron chi connectivity index (χ2n) is 6.73. The van der Waals surface area contributed by atoms with Gasteiger partial charge in [-0.2, -0.15) is 15.4 Å². The van der Waals surface area contributed by atoms with E-state index in [1.165, 1.54) is 11.3 Å². The molecule has 134 valence electrons. The number of aromatic amines is 1. The third kappa shape index (κ3) is 5.05. The van der Waals surface area contributed by atoms with Gasteiger partial charge < -0.3 is 9.80 Å². The van der Waals surface area contributed by atoms with Crippen LogP contribution in [0.5, 0.6) is 0 Å². The summed E-state index contributed by atoms with van der Waals surface area (Å²) in [4.78, 5) is 16.9. The zero-order valence-electron chi connectivity index (χ0n) is 14.9. The van der Waals surface area contributed by atoms with Crippen molar-refractivity contribution in [1.82, 2.24) is 20.3 Å². The molecule has 2 heterocycles. The maximum absolute atomic E-state index is 12.5. The Kier molecular flexibility index (Phi) is 6.04. The Bertz CT molecular complexity index is 653. The first-order valence-corrected chi connectivity index (χ1v) is 9.16. The number of H-pyrrole nitrogens is 1. The van der Waals surface area contributed by atoms with Gasteiger partial charge in [-0.1, -0.05) is 17.7 Å². The van der Waals surface area contributed by atoms with Crippen molar-refractivity contribution >= 4 is 11.6 Å². The molecule has 0 aliphatic carbocycles. The molecule has 0 radical (unpaired) electrons. The number of hydrogen-bond acceptors (Lipinski definition) is 4. The Morgan fingerprint density at radius 2 is 1.96 bits per heavy atom. The lowest BCUT2D eigenvalue weighted by atomic mass is 10.1. The lowest BCUT2D eigenvalue weighted by Crippen LogP contribution is -2.35. The van der Waals surface area contributed by atoms with Crippen LogP contribution in [0.15, 0.2) is 30.5 Å². The van der Waals surface area contributed by atoms with E-state index in [1.54, 1.807) is 6.20 Å². The third-order valence-electron chi connectivity index (χ3n) is 4.79. The molecule has 1 aromatic heterocycles. The highest BCUT2D eigenvalue weighted by Crippen LogP contribution is 2.18. The van der Waals surface area contributed by atoms with Crippen molar-refractivity contribution in [2.45, 2.75) is 39.0 Å². The molecule has 1 aliphatic rings. The van der Waals surface area contributed by atoms with Gasteiger partial charge in [-0.15, -0.1) is 0 Å². The van der Waals surface area contributed by atoms with Gasteiger partial charge >= 0.3 is 0 Å². The predicted molar refractivity (Wildman–Crippen MR) is 98.5 cm³/mol. The minimum atomic E-state index is 0.283. The second-order valence-corrected chi connectivity index (χ2v) is 6.73. The average molecular weight is 341 g/mol. The van der Waals surface area contributed by atoms with Gasteiger partial charge in [0.15, 0.2) is 0 Å². The van der Waals surface area contributed by atoms with Crippen LogP contribution in [0.25, 0.3) is 0 Å². The van der Waals surface area contributed by atoms with Crippen molar-refractivity contribution in [3.8, 4) is 0 Å². The Labute approximate surface area is 149 Å². The van der Waals surface area contributed by atoms with E-state index in [4.69, 9.17) is 0 Å². The molecule has 6 heteroatoms. The highest BCUT2D eigenvalue weighted by molar-refractivity contribution is 5.76. The number of benzene rings is 1. The monoisotopic (exact) mass is 341 g/mol. The van der Waals surface area contributed by atoms with E-state index >= 15 is 0 Å². The van der Waals surface area contributed by atoms with Crippen molar-refractivity contribution in [3.63, 3.8) is 0 Å². The molecule has 0 atom stereocenters. The summed E-state index contributed by atoms with van der Waals surface area (Å²) < 4.78 is 0. The zero-order chi connectivity index (χ0) is 17.5. The quantitative estimate of drug-likeness (QED) is 0.820. The predicted octanol–water partition coefficient (Wildman–Crippen LogP) is 2.56. The number of aromatic nitrogens is 3. The fourth-order valence-electron chi connectivity index (χ4n) is 3.27. The Hall–Kier alpha value is -2.37.